The minimum atomic E-state index is -0.705. The maximum Gasteiger partial charge on any atom is 0.313 e. The van der Waals surface area contributed by atoms with Crippen LogP contribution in [-0.2, 0) is 9.59 Å². The molecule has 0 aliphatic rings. The van der Waals surface area contributed by atoms with Crippen molar-refractivity contribution in [3.63, 3.8) is 0 Å². The number of anilines is 1. The van der Waals surface area contributed by atoms with Gasteiger partial charge in [0.2, 0.25) is 0 Å². The molecule has 0 saturated heterocycles. The number of halogens is 1. The number of nitrogens with one attached hydrogen (secondary N) is 2. The number of hydrogen-bond donors (Lipinski definition) is 2. The van der Waals surface area contributed by atoms with Crippen LogP contribution in [0.5, 0.6) is 0 Å². The third-order valence-electron chi connectivity index (χ3n) is 3.67. The first-order valence-electron chi connectivity index (χ1n) is 7.44. The van der Waals surface area contributed by atoms with Crippen LogP contribution in [0.15, 0.2) is 35.7 Å². The zero-order chi connectivity index (χ0) is 17.7. The molecular weight excluding hydrogens is 346 g/mol. The quantitative estimate of drug-likeness (QED) is 0.800. The maximum atomic E-state index is 12.1. The monoisotopic (exact) mass is 365 g/mol. The highest BCUT2D eigenvalue weighted by molar-refractivity contribution is 7.10. The zero-order valence-corrected chi connectivity index (χ0v) is 15.4. The van der Waals surface area contributed by atoms with Crippen molar-refractivity contribution in [2.45, 2.75) is 13.0 Å². The van der Waals surface area contributed by atoms with Gasteiger partial charge in [-0.15, -0.1) is 11.3 Å². The van der Waals surface area contributed by atoms with E-state index in [1.807, 2.05) is 36.5 Å². The SMILES string of the molecule is Cc1c(Cl)cccc1NC(=O)C(=O)NC[C@@H](c1cccs1)N(C)C. The van der Waals surface area contributed by atoms with Crippen LogP contribution in [-0.4, -0.2) is 37.4 Å². The van der Waals surface area contributed by atoms with Crippen LogP contribution in [0.1, 0.15) is 16.5 Å². The Kier molecular flexibility index (Phi) is 6.36. The number of thiophene rings is 1. The van der Waals surface area contributed by atoms with Crippen LogP contribution in [0.4, 0.5) is 5.69 Å². The Morgan fingerprint density at radius 2 is 1.96 bits per heavy atom. The predicted molar refractivity (Wildman–Crippen MR) is 98.6 cm³/mol. The molecule has 2 N–H and O–H groups in total. The molecule has 0 aliphatic carbocycles. The highest BCUT2D eigenvalue weighted by Crippen LogP contribution is 2.23. The lowest BCUT2D eigenvalue weighted by molar-refractivity contribution is -0.136. The first-order valence-corrected chi connectivity index (χ1v) is 8.70. The molecule has 1 aromatic carbocycles. The summed E-state index contributed by atoms with van der Waals surface area (Å²) in [6.07, 6.45) is 0. The molecule has 1 atom stereocenters. The Hall–Kier alpha value is -1.89. The van der Waals surface area contributed by atoms with Crippen LogP contribution in [0.3, 0.4) is 0 Å². The topological polar surface area (TPSA) is 61.4 Å². The third-order valence-corrected chi connectivity index (χ3v) is 5.06. The van der Waals surface area contributed by atoms with Gasteiger partial charge in [-0.2, -0.15) is 0 Å². The van der Waals surface area contributed by atoms with Gasteiger partial charge in [-0.1, -0.05) is 23.7 Å². The molecule has 2 rings (SSSR count). The van der Waals surface area contributed by atoms with Crippen molar-refractivity contribution in [3.8, 4) is 0 Å². The fourth-order valence-corrected chi connectivity index (χ4v) is 3.31. The summed E-state index contributed by atoms with van der Waals surface area (Å²) < 4.78 is 0. The summed E-state index contributed by atoms with van der Waals surface area (Å²) in [5.74, 6) is -1.37. The smallest absolute Gasteiger partial charge is 0.313 e. The van der Waals surface area contributed by atoms with E-state index in [4.69, 9.17) is 11.6 Å². The molecule has 0 unspecified atom stereocenters. The lowest BCUT2D eigenvalue weighted by atomic mass is 10.2. The van der Waals surface area contributed by atoms with E-state index in [-0.39, 0.29) is 6.04 Å². The highest BCUT2D eigenvalue weighted by atomic mass is 35.5. The van der Waals surface area contributed by atoms with Gasteiger partial charge >= 0.3 is 11.8 Å². The molecule has 0 bridgehead atoms. The Morgan fingerprint density at radius 3 is 2.58 bits per heavy atom. The standard InChI is InChI=1S/C17H20ClN3O2S/c1-11-12(18)6-4-7-13(11)20-17(23)16(22)19-10-14(21(2)3)15-8-5-9-24-15/h4-9,14H,10H2,1-3H3,(H,19,22)(H,20,23)/t14-/m0/s1. The number of hydrogen-bond acceptors (Lipinski definition) is 4. The van der Waals surface area contributed by atoms with Crippen LogP contribution >= 0.6 is 22.9 Å². The van der Waals surface area contributed by atoms with Crippen LogP contribution in [0, 0.1) is 6.92 Å². The second-order valence-corrected chi connectivity index (χ2v) is 6.96. The van der Waals surface area contributed by atoms with E-state index in [0.29, 0.717) is 17.3 Å². The van der Waals surface area contributed by atoms with Gasteiger partial charge in [-0.3, -0.25) is 9.59 Å². The van der Waals surface area contributed by atoms with Crippen LogP contribution < -0.4 is 10.6 Å². The summed E-state index contributed by atoms with van der Waals surface area (Å²) in [5, 5.41) is 7.81. The molecule has 0 fully saturated rings. The lowest BCUT2D eigenvalue weighted by Gasteiger charge is -2.23. The average Bonchev–Trinajstić information content (AvgIpc) is 3.05. The fraction of sp³-hybridized carbons (Fsp3) is 0.294. The molecule has 2 aromatic rings. The Morgan fingerprint density at radius 1 is 1.21 bits per heavy atom. The maximum absolute atomic E-state index is 12.1. The van der Waals surface area contributed by atoms with Gasteiger partial charge in [0.05, 0.1) is 6.04 Å². The Balaban J connectivity index is 1.96. The number of nitrogens with zero attached hydrogens (tertiary/aromatic N) is 1. The molecule has 1 heterocycles. The van der Waals surface area contributed by atoms with Gasteiger partial charge in [-0.25, -0.2) is 0 Å². The minimum Gasteiger partial charge on any atom is -0.346 e. The van der Waals surface area contributed by atoms with Crippen LogP contribution in [0.2, 0.25) is 5.02 Å². The molecule has 0 radical (unpaired) electrons. The predicted octanol–water partition coefficient (Wildman–Crippen LogP) is 3.07. The summed E-state index contributed by atoms with van der Waals surface area (Å²) in [4.78, 5) is 27.3. The molecule has 5 nitrogen and oxygen atoms in total. The van der Waals surface area contributed by atoms with E-state index >= 15 is 0 Å². The first kappa shape index (κ1) is 18.4. The van der Waals surface area contributed by atoms with Crippen molar-refractivity contribution in [3.05, 3.63) is 51.2 Å². The van der Waals surface area contributed by atoms with E-state index in [1.165, 1.54) is 0 Å². The van der Waals surface area contributed by atoms with Crippen LogP contribution in [0.25, 0.3) is 0 Å². The van der Waals surface area contributed by atoms with Gasteiger partial charge < -0.3 is 15.5 Å². The molecular formula is C17H20ClN3O2S. The summed E-state index contributed by atoms with van der Waals surface area (Å²) >= 11 is 7.63. The normalized spacial score (nSPS) is 12.0. The summed E-state index contributed by atoms with van der Waals surface area (Å²) in [5.41, 5.74) is 1.26. The van der Waals surface area contributed by atoms with Gasteiger partial charge in [0.15, 0.2) is 0 Å². The van der Waals surface area contributed by atoms with Crippen molar-refractivity contribution in [2.24, 2.45) is 0 Å². The molecule has 1 aromatic heterocycles. The number of carbonyl (C=O) groups is 2. The molecule has 0 spiro atoms. The van der Waals surface area contributed by atoms with E-state index in [9.17, 15) is 9.59 Å². The second kappa shape index (κ2) is 8.28. The molecule has 0 aliphatic heterocycles. The third kappa shape index (κ3) is 4.56. The molecule has 7 heteroatoms. The van der Waals surface area contributed by atoms with Crippen molar-refractivity contribution >= 4 is 40.4 Å². The first-order chi connectivity index (χ1) is 11.4. The molecule has 2 amide bonds. The van der Waals surface area contributed by atoms with Gasteiger partial charge in [0.25, 0.3) is 0 Å². The van der Waals surface area contributed by atoms with Crippen molar-refractivity contribution < 1.29 is 9.59 Å². The number of carbonyl (C=O) groups excluding carboxylic acids is 2. The van der Waals surface area contributed by atoms with E-state index in [1.54, 1.807) is 36.5 Å². The zero-order valence-electron chi connectivity index (χ0n) is 13.8. The van der Waals surface area contributed by atoms with E-state index < -0.39 is 11.8 Å². The summed E-state index contributed by atoms with van der Waals surface area (Å²) in [7, 11) is 3.87. The van der Waals surface area contributed by atoms with E-state index in [2.05, 4.69) is 10.6 Å². The largest absolute Gasteiger partial charge is 0.346 e. The summed E-state index contributed by atoms with van der Waals surface area (Å²) in [6, 6.07) is 9.16. The van der Waals surface area contributed by atoms with Gasteiger partial charge in [-0.05, 0) is 50.2 Å². The number of rotatable bonds is 5. The fourth-order valence-electron chi connectivity index (χ4n) is 2.21. The summed E-state index contributed by atoms with van der Waals surface area (Å²) in [6.45, 7) is 2.14. The minimum absolute atomic E-state index is 0.0228. The molecule has 24 heavy (non-hydrogen) atoms. The average molecular weight is 366 g/mol. The molecule has 128 valence electrons. The second-order valence-electron chi connectivity index (χ2n) is 5.57. The van der Waals surface area contributed by atoms with Gasteiger partial charge in [0, 0.05) is 22.1 Å². The Labute approximate surface area is 150 Å². The van der Waals surface area contributed by atoms with Crippen molar-refractivity contribution in [1.29, 1.82) is 0 Å². The number of amides is 2. The Bertz CT molecular complexity index is 717. The lowest BCUT2D eigenvalue weighted by Crippen LogP contribution is -2.40. The highest BCUT2D eigenvalue weighted by Gasteiger charge is 2.20. The van der Waals surface area contributed by atoms with Crippen molar-refractivity contribution in [1.82, 2.24) is 10.2 Å². The number of likely N-dealkylation sites (N-methyl/N-ethyl adjacent to an activating group) is 1. The van der Waals surface area contributed by atoms with Crippen molar-refractivity contribution in [2.75, 3.05) is 26.0 Å². The number of benzene rings is 1. The van der Waals surface area contributed by atoms with E-state index in [0.717, 1.165) is 10.4 Å². The van der Waals surface area contributed by atoms with Gasteiger partial charge in [0.1, 0.15) is 0 Å². The molecule has 0 saturated carbocycles.